The van der Waals surface area contributed by atoms with Gasteiger partial charge in [0.25, 0.3) is 0 Å². The van der Waals surface area contributed by atoms with Gasteiger partial charge in [0.1, 0.15) is 12.2 Å². The molecule has 5 nitrogen and oxygen atoms in total. The Hall–Kier alpha value is -1.23. The Morgan fingerprint density at radius 3 is 2.72 bits per heavy atom. The van der Waals surface area contributed by atoms with E-state index >= 15 is 0 Å². The maximum Gasteiger partial charge on any atom is 0.313 e. The van der Waals surface area contributed by atoms with Crippen molar-refractivity contribution in [2.75, 3.05) is 26.2 Å². The van der Waals surface area contributed by atoms with E-state index in [0.29, 0.717) is 26.1 Å². The van der Waals surface area contributed by atoms with Crippen LogP contribution in [0.5, 0.6) is 0 Å². The maximum absolute atomic E-state index is 11.6. The van der Waals surface area contributed by atoms with Crippen molar-refractivity contribution in [2.24, 2.45) is 5.92 Å². The van der Waals surface area contributed by atoms with E-state index < -0.39 is 5.97 Å². The lowest BCUT2D eigenvalue weighted by atomic mass is 9.94. The molecule has 0 amide bonds. The summed E-state index contributed by atoms with van der Waals surface area (Å²) in [7, 11) is 0. The van der Waals surface area contributed by atoms with E-state index in [4.69, 9.17) is 4.74 Å². The van der Waals surface area contributed by atoms with Crippen molar-refractivity contribution in [1.29, 1.82) is 0 Å². The molecule has 0 N–H and O–H groups in total. The Kier molecular flexibility index (Phi) is 5.98. The number of carbonyl (C=O) groups excluding carboxylic acids is 3. The van der Waals surface area contributed by atoms with Crippen LogP contribution in [0.2, 0.25) is 0 Å². The van der Waals surface area contributed by atoms with Gasteiger partial charge in [-0.05, 0) is 13.3 Å². The molecule has 1 aliphatic rings. The number of likely N-dealkylation sites (tertiary alicyclic amines) is 1. The molecule has 1 saturated heterocycles. The minimum absolute atomic E-state index is 0.0362. The summed E-state index contributed by atoms with van der Waals surface area (Å²) in [6.45, 7) is 5.47. The summed E-state index contributed by atoms with van der Waals surface area (Å²) >= 11 is 0. The lowest BCUT2D eigenvalue weighted by molar-refractivity contribution is -0.146. The van der Waals surface area contributed by atoms with Crippen molar-refractivity contribution in [1.82, 2.24) is 4.90 Å². The number of esters is 1. The number of rotatable bonds is 6. The second-order valence-electron chi connectivity index (χ2n) is 4.58. The predicted octanol–water partition coefficient (Wildman–Crippen LogP) is 0.810. The third-order valence-corrected chi connectivity index (χ3v) is 3.15. The van der Waals surface area contributed by atoms with Gasteiger partial charge in [-0.25, -0.2) is 0 Å². The van der Waals surface area contributed by atoms with Crippen LogP contribution in [0.3, 0.4) is 0 Å². The highest BCUT2D eigenvalue weighted by Crippen LogP contribution is 2.15. The van der Waals surface area contributed by atoms with Gasteiger partial charge in [-0.15, -0.1) is 0 Å². The SMILES string of the molecule is CCOC(=O)CC(=O)CN1CCC(=O)C(CC)C1. The number of hydrogen-bond donors (Lipinski definition) is 0. The fraction of sp³-hybridized carbons (Fsp3) is 0.769. The second-order valence-corrected chi connectivity index (χ2v) is 4.58. The van der Waals surface area contributed by atoms with Crippen molar-refractivity contribution in [3.05, 3.63) is 0 Å². The molecule has 0 aromatic carbocycles. The molecule has 1 atom stereocenters. The summed E-state index contributed by atoms with van der Waals surface area (Å²) in [4.78, 5) is 36.3. The summed E-state index contributed by atoms with van der Waals surface area (Å²) < 4.78 is 4.73. The Balaban J connectivity index is 2.36. The molecule has 0 aliphatic carbocycles. The van der Waals surface area contributed by atoms with Gasteiger partial charge < -0.3 is 4.74 Å². The van der Waals surface area contributed by atoms with Gasteiger partial charge in [-0.1, -0.05) is 6.92 Å². The standard InChI is InChI=1S/C13H21NO4/c1-3-10-8-14(6-5-12(10)16)9-11(15)7-13(17)18-4-2/h10H,3-9H2,1-2H3. The Labute approximate surface area is 107 Å². The van der Waals surface area contributed by atoms with Crippen LogP contribution in [0.15, 0.2) is 0 Å². The van der Waals surface area contributed by atoms with Gasteiger partial charge in [0.15, 0.2) is 5.78 Å². The lowest BCUT2D eigenvalue weighted by Gasteiger charge is -2.30. The largest absolute Gasteiger partial charge is 0.466 e. The topological polar surface area (TPSA) is 63.7 Å². The number of nitrogens with zero attached hydrogens (tertiary/aromatic N) is 1. The zero-order chi connectivity index (χ0) is 13.5. The highest BCUT2D eigenvalue weighted by atomic mass is 16.5. The van der Waals surface area contributed by atoms with Gasteiger partial charge in [-0.3, -0.25) is 19.3 Å². The summed E-state index contributed by atoms with van der Waals surface area (Å²) in [6, 6.07) is 0. The molecule has 5 heteroatoms. The highest BCUT2D eigenvalue weighted by molar-refractivity contribution is 5.96. The molecule has 0 spiro atoms. The first kappa shape index (κ1) is 14.8. The number of piperidine rings is 1. The Morgan fingerprint density at radius 1 is 1.39 bits per heavy atom. The number of hydrogen-bond acceptors (Lipinski definition) is 5. The highest BCUT2D eigenvalue weighted by Gasteiger charge is 2.27. The molecule has 0 aromatic rings. The normalized spacial score (nSPS) is 20.8. The molecule has 0 radical (unpaired) electrons. The second kappa shape index (κ2) is 7.26. The monoisotopic (exact) mass is 255 g/mol. The van der Waals surface area contributed by atoms with Crippen LogP contribution in [0.4, 0.5) is 0 Å². The molecule has 1 aliphatic heterocycles. The van der Waals surface area contributed by atoms with Crippen LogP contribution in [-0.2, 0) is 19.1 Å². The fourth-order valence-corrected chi connectivity index (χ4v) is 2.16. The van der Waals surface area contributed by atoms with E-state index in [1.54, 1.807) is 6.92 Å². The number of ether oxygens (including phenoxy) is 1. The fourth-order valence-electron chi connectivity index (χ4n) is 2.16. The van der Waals surface area contributed by atoms with E-state index in [1.807, 2.05) is 11.8 Å². The first-order chi connectivity index (χ1) is 8.56. The van der Waals surface area contributed by atoms with E-state index in [2.05, 4.69) is 0 Å². The van der Waals surface area contributed by atoms with Crippen molar-refractivity contribution in [3.8, 4) is 0 Å². The predicted molar refractivity (Wildman–Crippen MR) is 66.1 cm³/mol. The number of Topliss-reactive ketones (excluding diaryl/α,β-unsaturated/α-hetero) is 2. The average molecular weight is 255 g/mol. The smallest absolute Gasteiger partial charge is 0.313 e. The van der Waals surface area contributed by atoms with Crippen molar-refractivity contribution in [3.63, 3.8) is 0 Å². The lowest BCUT2D eigenvalue weighted by Crippen LogP contribution is -2.43. The molecule has 102 valence electrons. The summed E-state index contributed by atoms with van der Waals surface area (Å²) in [5.41, 5.74) is 0. The molecule has 1 unspecified atom stereocenters. The first-order valence-corrected chi connectivity index (χ1v) is 6.49. The molecule has 1 heterocycles. The zero-order valence-corrected chi connectivity index (χ0v) is 11.1. The maximum atomic E-state index is 11.6. The third kappa shape index (κ3) is 4.56. The summed E-state index contributed by atoms with van der Waals surface area (Å²) in [5, 5.41) is 0. The van der Waals surface area contributed by atoms with Crippen LogP contribution in [0.25, 0.3) is 0 Å². The molecule has 0 bridgehead atoms. The van der Waals surface area contributed by atoms with Gasteiger partial charge in [0, 0.05) is 25.4 Å². The molecule has 0 saturated carbocycles. The summed E-state index contributed by atoms with van der Waals surface area (Å²) in [5.74, 6) is -0.291. The van der Waals surface area contributed by atoms with E-state index in [-0.39, 0.29) is 30.4 Å². The van der Waals surface area contributed by atoms with Crippen molar-refractivity contribution >= 4 is 17.5 Å². The minimum atomic E-state index is -0.470. The number of ketones is 2. The van der Waals surface area contributed by atoms with Crippen LogP contribution in [0.1, 0.15) is 33.1 Å². The molecular formula is C13H21NO4. The minimum Gasteiger partial charge on any atom is -0.466 e. The van der Waals surface area contributed by atoms with Crippen molar-refractivity contribution < 1.29 is 19.1 Å². The Bertz CT molecular complexity index is 327. The van der Waals surface area contributed by atoms with Crippen LogP contribution in [-0.4, -0.2) is 48.7 Å². The van der Waals surface area contributed by atoms with Gasteiger partial charge >= 0.3 is 5.97 Å². The molecule has 1 fully saturated rings. The third-order valence-electron chi connectivity index (χ3n) is 3.15. The van der Waals surface area contributed by atoms with Crippen LogP contribution >= 0.6 is 0 Å². The zero-order valence-electron chi connectivity index (χ0n) is 11.1. The van der Waals surface area contributed by atoms with Gasteiger partial charge in [0.05, 0.1) is 13.2 Å². The average Bonchev–Trinajstić information content (AvgIpc) is 2.31. The first-order valence-electron chi connectivity index (χ1n) is 6.49. The molecule has 0 aromatic heterocycles. The summed E-state index contributed by atoms with van der Waals surface area (Å²) in [6.07, 6.45) is 1.14. The molecular weight excluding hydrogens is 234 g/mol. The van der Waals surface area contributed by atoms with E-state index in [1.165, 1.54) is 0 Å². The van der Waals surface area contributed by atoms with Crippen LogP contribution in [0, 0.1) is 5.92 Å². The van der Waals surface area contributed by atoms with Crippen LogP contribution < -0.4 is 0 Å². The Morgan fingerprint density at radius 2 is 2.11 bits per heavy atom. The quantitative estimate of drug-likeness (QED) is 0.519. The van der Waals surface area contributed by atoms with Gasteiger partial charge in [-0.2, -0.15) is 0 Å². The van der Waals surface area contributed by atoms with E-state index in [0.717, 1.165) is 6.42 Å². The molecule has 1 rings (SSSR count). The van der Waals surface area contributed by atoms with Crippen molar-refractivity contribution in [2.45, 2.75) is 33.1 Å². The molecule has 18 heavy (non-hydrogen) atoms. The number of carbonyl (C=O) groups is 3. The van der Waals surface area contributed by atoms with E-state index in [9.17, 15) is 14.4 Å². The van der Waals surface area contributed by atoms with Gasteiger partial charge in [0.2, 0.25) is 0 Å².